The highest BCUT2D eigenvalue weighted by Gasteiger charge is 2.25. The standard InChI is InChI=1S/C25H26N2O3S/c1-2-7-17-8-3-6-11-23(17)30-15-19(28)16-31-24-14-21(25(29)26-18-12-13-18)20-9-4-5-10-22(20)27-24/h2-6,8-11,14,18-19,28H,1,7,12-13,15-16H2,(H,26,29). The Bertz CT molecular complexity index is 1080. The lowest BCUT2D eigenvalue weighted by Gasteiger charge is -2.15. The fourth-order valence-corrected chi connectivity index (χ4v) is 4.11. The predicted molar refractivity (Wildman–Crippen MR) is 125 cm³/mol. The van der Waals surface area contributed by atoms with Gasteiger partial charge in [0.15, 0.2) is 0 Å². The summed E-state index contributed by atoms with van der Waals surface area (Å²) in [5, 5.41) is 15.0. The zero-order chi connectivity index (χ0) is 21.6. The number of fused-ring (bicyclic) bond motifs is 1. The van der Waals surface area contributed by atoms with Crippen molar-refractivity contribution in [2.75, 3.05) is 12.4 Å². The maximum Gasteiger partial charge on any atom is 0.252 e. The molecule has 0 saturated heterocycles. The van der Waals surface area contributed by atoms with E-state index in [0.717, 1.165) is 35.1 Å². The molecule has 1 amide bonds. The number of aliphatic hydroxyl groups is 1. The number of rotatable bonds is 10. The number of aromatic nitrogens is 1. The highest BCUT2D eigenvalue weighted by molar-refractivity contribution is 7.99. The molecule has 0 spiro atoms. The first-order valence-electron chi connectivity index (χ1n) is 10.5. The SMILES string of the molecule is C=CCc1ccccc1OCC(O)CSc1cc(C(=O)NC2CC2)c2ccccc2n1. The van der Waals surface area contributed by atoms with Crippen LogP contribution in [0.2, 0.25) is 0 Å². The van der Waals surface area contributed by atoms with Crippen LogP contribution in [0.4, 0.5) is 0 Å². The van der Waals surface area contributed by atoms with Crippen LogP contribution in [0, 0.1) is 0 Å². The van der Waals surface area contributed by atoms with Gasteiger partial charge in [0.25, 0.3) is 5.91 Å². The van der Waals surface area contributed by atoms with E-state index >= 15 is 0 Å². The summed E-state index contributed by atoms with van der Waals surface area (Å²) in [6.45, 7) is 3.96. The van der Waals surface area contributed by atoms with Crippen LogP contribution in [-0.2, 0) is 6.42 Å². The molecule has 5 nitrogen and oxygen atoms in total. The quantitative estimate of drug-likeness (QED) is 0.366. The maximum absolute atomic E-state index is 12.7. The molecule has 4 rings (SSSR count). The van der Waals surface area contributed by atoms with Crippen LogP contribution in [0.3, 0.4) is 0 Å². The monoisotopic (exact) mass is 434 g/mol. The molecule has 1 saturated carbocycles. The number of hydrogen-bond acceptors (Lipinski definition) is 5. The first kappa shape index (κ1) is 21.4. The van der Waals surface area contributed by atoms with Gasteiger partial charge in [0, 0.05) is 17.2 Å². The Morgan fingerprint density at radius 3 is 2.84 bits per heavy atom. The van der Waals surface area contributed by atoms with Crippen LogP contribution >= 0.6 is 11.8 Å². The Hall–Kier alpha value is -2.83. The second-order valence-corrected chi connectivity index (χ2v) is 8.69. The van der Waals surface area contributed by atoms with E-state index in [1.165, 1.54) is 11.8 Å². The third-order valence-electron chi connectivity index (χ3n) is 5.04. The molecule has 1 fully saturated rings. The Balaban J connectivity index is 1.41. The normalized spacial score (nSPS) is 14.2. The van der Waals surface area contributed by atoms with Crippen LogP contribution in [-0.4, -0.2) is 40.5 Å². The summed E-state index contributed by atoms with van der Waals surface area (Å²) in [6.07, 6.45) is 3.96. The van der Waals surface area contributed by atoms with Crippen molar-refractivity contribution in [1.82, 2.24) is 10.3 Å². The second kappa shape index (κ2) is 9.98. The first-order chi connectivity index (χ1) is 15.1. The smallest absolute Gasteiger partial charge is 0.252 e. The van der Waals surface area contributed by atoms with Gasteiger partial charge < -0.3 is 15.2 Å². The van der Waals surface area contributed by atoms with Crippen LogP contribution in [0.1, 0.15) is 28.8 Å². The number of carbonyl (C=O) groups excluding carboxylic acids is 1. The third-order valence-corrected chi connectivity index (χ3v) is 6.10. The lowest BCUT2D eigenvalue weighted by Crippen LogP contribution is -2.25. The predicted octanol–water partition coefficient (Wildman–Crippen LogP) is 4.39. The van der Waals surface area contributed by atoms with E-state index in [1.807, 2.05) is 60.7 Å². The number of amides is 1. The second-order valence-electron chi connectivity index (χ2n) is 7.65. The van der Waals surface area contributed by atoms with E-state index in [-0.39, 0.29) is 12.5 Å². The van der Waals surface area contributed by atoms with Gasteiger partial charge in [0.2, 0.25) is 0 Å². The van der Waals surface area contributed by atoms with Gasteiger partial charge in [-0.15, -0.1) is 18.3 Å². The van der Waals surface area contributed by atoms with Crippen molar-refractivity contribution < 1.29 is 14.6 Å². The fraction of sp³-hybridized carbons (Fsp3) is 0.280. The number of benzene rings is 2. The molecule has 0 aliphatic heterocycles. The number of nitrogens with one attached hydrogen (secondary N) is 1. The number of aliphatic hydroxyl groups excluding tert-OH is 1. The topological polar surface area (TPSA) is 71.5 Å². The highest BCUT2D eigenvalue weighted by atomic mass is 32.2. The number of ether oxygens (including phenoxy) is 1. The van der Waals surface area contributed by atoms with E-state index in [2.05, 4.69) is 16.9 Å². The Kier molecular flexibility index (Phi) is 6.89. The molecular weight excluding hydrogens is 408 g/mol. The molecule has 1 unspecified atom stereocenters. The van der Waals surface area contributed by atoms with Gasteiger partial charge in [0.1, 0.15) is 12.4 Å². The number of para-hydroxylation sites is 2. The van der Waals surface area contributed by atoms with Crippen molar-refractivity contribution in [2.45, 2.75) is 36.4 Å². The number of nitrogens with zero attached hydrogens (tertiary/aromatic N) is 1. The summed E-state index contributed by atoms with van der Waals surface area (Å²) >= 11 is 1.42. The zero-order valence-corrected chi connectivity index (χ0v) is 18.1. The number of pyridine rings is 1. The van der Waals surface area contributed by atoms with Gasteiger partial charge in [-0.1, -0.05) is 42.5 Å². The Morgan fingerprint density at radius 1 is 1.26 bits per heavy atom. The highest BCUT2D eigenvalue weighted by Crippen LogP contribution is 2.27. The summed E-state index contributed by atoms with van der Waals surface area (Å²) in [4.78, 5) is 17.4. The number of allylic oxidation sites excluding steroid dienone is 1. The van der Waals surface area contributed by atoms with Crippen molar-refractivity contribution in [3.63, 3.8) is 0 Å². The summed E-state index contributed by atoms with van der Waals surface area (Å²) in [5.74, 6) is 1.11. The minimum absolute atomic E-state index is 0.0642. The molecule has 3 aromatic rings. The summed E-state index contributed by atoms with van der Waals surface area (Å²) in [7, 11) is 0. The Labute approximate surface area is 186 Å². The van der Waals surface area contributed by atoms with Crippen LogP contribution in [0.25, 0.3) is 10.9 Å². The van der Waals surface area contributed by atoms with Gasteiger partial charge in [-0.25, -0.2) is 4.98 Å². The molecule has 6 heteroatoms. The first-order valence-corrected chi connectivity index (χ1v) is 11.5. The van der Waals surface area contributed by atoms with Gasteiger partial charge in [-0.05, 0) is 43.0 Å². The summed E-state index contributed by atoms with van der Waals surface area (Å²) in [5.41, 5.74) is 2.45. The van der Waals surface area contributed by atoms with E-state index in [4.69, 9.17) is 4.74 Å². The average Bonchev–Trinajstić information content (AvgIpc) is 3.60. The van der Waals surface area contributed by atoms with E-state index in [1.54, 1.807) is 0 Å². The number of thioether (sulfide) groups is 1. The van der Waals surface area contributed by atoms with Crippen molar-refractivity contribution in [3.05, 3.63) is 78.4 Å². The molecule has 1 aliphatic rings. The molecule has 1 aromatic heterocycles. The van der Waals surface area contributed by atoms with Crippen molar-refractivity contribution >= 4 is 28.6 Å². The minimum atomic E-state index is -0.668. The van der Waals surface area contributed by atoms with E-state index in [0.29, 0.717) is 28.8 Å². The molecule has 2 N–H and O–H groups in total. The van der Waals surface area contributed by atoms with E-state index in [9.17, 15) is 9.90 Å². The van der Waals surface area contributed by atoms with Crippen molar-refractivity contribution in [1.29, 1.82) is 0 Å². The zero-order valence-electron chi connectivity index (χ0n) is 17.3. The van der Waals surface area contributed by atoms with Gasteiger partial charge in [-0.3, -0.25) is 4.79 Å². The Morgan fingerprint density at radius 2 is 2.03 bits per heavy atom. The van der Waals surface area contributed by atoms with Crippen LogP contribution in [0.15, 0.2) is 72.3 Å². The summed E-state index contributed by atoms with van der Waals surface area (Å²) in [6, 6.07) is 17.5. The number of carbonyl (C=O) groups is 1. The molecular formula is C25H26N2O3S. The lowest BCUT2D eigenvalue weighted by molar-refractivity contribution is 0.0952. The molecule has 31 heavy (non-hydrogen) atoms. The van der Waals surface area contributed by atoms with Gasteiger partial charge in [0.05, 0.1) is 22.2 Å². The molecule has 0 bridgehead atoms. The molecule has 1 heterocycles. The molecule has 0 radical (unpaired) electrons. The van der Waals surface area contributed by atoms with Crippen LogP contribution < -0.4 is 10.1 Å². The summed E-state index contributed by atoms with van der Waals surface area (Å²) < 4.78 is 5.83. The molecule has 1 atom stereocenters. The average molecular weight is 435 g/mol. The van der Waals surface area contributed by atoms with Crippen molar-refractivity contribution in [2.24, 2.45) is 0 Å². The van der Waals surface area contributed by atoms with Crippen molar-refractivity contribution in [3.8, 4) is 5.75 Å². The van der Waals surface area contributed by atoms with Crippen LogP contribution in [0.5, 0.6) is 5.75 Å². The third kappa shape index (κ3) is 5.66. The van der Waals surface area contributed by atoms with Gasteiger partial charge in [-0.2, -0.15) is 0 Å². The molecule has 1 aliphatic carbocycles. The van der Waals surface area contributed by atoms with E-state index < -0.39 is 6.10 Å². The minimum Gasteiger partial charge on any atom is -0.491 e. The largest absolute Gasteiger partial charge is 0.491 e. The molecule has 2 aromatic carbocycles. The lowest BCUT2D eigenvalue weighted by atomic mass is 10.1. The number of hydrogen-bond donors (Lipinski definition) is 2. The molecule has 160 valence electrons. The maximum atomic E-state index is 12.7. The van der Waals surface area contributed by atoms with Gasteiger partial charge >= 0.3 is 0 Å². The fourth-order valence-electron chi connectivity index (χ4n) is 3.29.